The van der Waals surface area contributed by atoms with Crippen molar-refractivity contribution in [3.63, 3.8) is 0 Å². The summed E-state index contributed by atoms with van der Waals surface area (Å²) in [6.45, 7) is 1.20. The van der Waals surface area contributed by atoms with E-state index in [0.717, 1.165) is 28.7 Å². The van der Waals surface area contributed by atoms with Crippen LogP contribution in [0.5, 0.6) is 5.75 Å². The van der Waals surface area contributed by atoms with Crippen molar-refractivity contribution in [3.8, 4) is 5.75 Å². The molecule has 2 aromatic rings. The molecule has 0 N–H and O–H groups in total. The van der Waals surface area contributed by atoms with Gasteiger partial charge in [0, 0.05) is 28.2 Å². The number of benzene rings is 2. The summed E-state index contributed by atoms with van der Waals surface area (Å²) in [5, 5.41) is 1.47. The van der Waals surface area contributed by atoms with E-state index in [1.807, 2.05) is 36.4 Å². The van der Waals surface area contributed by atoms with Crippen LogP contribution in [0.15, 0.2) is 42.5 Å². The van der Waals surface area contributed by atoms with Gasteiger partial charge in [0.2, 0.25) is 0 Å². The van der Waals surface area contributed by atoms with E-state index in [4.69, 9.17) is 27.9 Å². The molecule has 0 spiro atoms. The molecule has 2 aliphatic carbocycles. The quantitative estimate of drug-likeness (QED) is 0.648. The van der Waals surface area contributed by atoms with Crippen LogP contribution in [-0.4, -0.2) is 23.5 Å². The molecule has 2 nitrogen and oxygen atoms in total. The van der Waals surface area contributed by atoms with E-state index in [9.17, 15) is 0 Å². The molecule has 2 aromatic carbocycles. The van der Waals surface area contributed by atoms with E-state index in [-0.39, 0.29) is 6.10 Å². The number of nitrogens with zero attached hydrogens (tertiary/aromatic N) is 1. The number of rotatable bonds is 3. The first-order valence-corrected chi connectivity index (χ1v) is 10.4. The predicted molar refractivity (Wildman–Crippen MR) is 106 cm³/mol. The largest absolute Gasteiger partial charge is 0.484 e. The minimum Gasteiger partial charge on any atom is -0.484 e. The van der Waals surface area contributed by atoms with Crippen molar-refractivity contribution in [3.05, 3.63) is 63.6 Å². The highest BCUT2D eigenvalue weighted by molar-refractivity contribution is 6.35. The van der Waals surface area contributed by atoms with Gasteiger partial charge in [0.25, 0.3) is 0 Å². The Kier molecular flexibility index (Phi) is 4.39. The topological polar surface area (TPSA) is 12.5 Å². The van der Waals surface area contributed by atoms with Crippen molar-refractivity contribution in [2.75, 3.05) is 6.54 Å². The Morgan fingerprint density at radius 2 is 1.73 bits per heavy atom. The van der Waals surface area contributed by atoms with Gasteiger partial charge in [-0.15, -0.1) is 0 Å². The molecule has 0 aromatic heterocycles. The summed E-state index contributed by atoms with van der Waals surface area (Å²) in [4.78, 5) is 2.72. The van der Waals surface area contributed by atoms with Gasteiger partial charge in [0.05, 0.1) is 6.04 Å². The summed E-state index contributed by atoms with van der Waals surface area (Å²) < 4.78 is 6.53. The lowest BCUT2D eigenvalue weighted by atomic mass is 9.79. The Bertz CT molecular complexity index is 801. The summed E-state index contributed by atoms with van der Waals surface area (Å²) in [7, 11) is 0. The number of piperidine rings is 2. The molecule has 0 amide bonds. The van der Waals surface area contributed by atoms with Crippen LogP contribution in [0.3, 0.4) is 0 Å². The van der Waals surface area contributed by atoms with Gasteiger partial charge < -0.3 is 4.74 Å². The second-order valence-corrected chi connectivity index (χ2v) is 8.79. The van der Waals surface area contributed by atoms with Crippen LogP contribution in [-0.2, 0) is 6.42 Å². The van der Waals surface area contributed by atoms with Gasteiger partial charge >= 0.3 is 0 Å². The second-order valence-electron chi connectivity index (χ2n) is 7.95. The van der Waals surface area contributed by atoms with Crippen molar-refractivity contribution in [2.45, 2.75) is 50.3 Å². The van der Waals surface area contributed by atoms with Crippen LogP contribution in [0.1, 0.15) is 42.9 Å². The third-order valence-corrected chi connectivity index (χ3v) is 7.01. The van der Waals surface area contributed by atoms with E-state index in [0.29, 0.717) is 17.1 Å². The van der Waals surface area contributed by atoms with Gasteiger partial charge in [-0.3, -0.25) is 4.90 Å². The van der Waals surface area contributed by atoms with Crippen LogP contribution < -0.4 is 4.74 Å². The lowest BCUT2D eigenvalue weighted by Gasteiger charge is -2.49. The standard InChI is InChI=1S/C22H23Cl2NO/c23-15-10-19-18(20(24)11-15)12-21(22(19)26-17-4-2-1-3-5-17)25-13-14-6-8-16(25)9-7-14/h1-5,10-11,14,16,21-22H,6-9,12-13H2/t14?,16?,21-,22-/m0/s1. The SMILES string of the molecule is Clc1cc(Cl)c2c(c1)[C@H](Oc1ccccc1)[C@@H](N1CC3CCC1CC3)C2. The Morgan fingerprint density at radius 1 is 0.962 bits per heavy atom. The summed E-state index contributed by atoms with van der Waals surface area (Å²) >= 11 is 12.9. The van der Waals surface area contributed by atoms with Gasteiger partial charge in [-0.25, -0.2) is 0 Å². The average Bonchev–Trinajstić information content (AvgIpc) is 3.02. The van der Waals surface area contributed by atoms with Crippen LogP contribution >= 0.6 is 23.2 Å². The lowest BCUT2D eigenvalue weighted by molar-refractivity contribution is -0.0228. The molecule has 136 valence electrons. The van der Waals surface area contributed by atoms with Crippen molar-refractivity contribution in [1.29, 1.82) is 0 Å². The molecule has 2 aliphatic heterocycles. The Morgan fingerprint density at radius 3 is 2.42 bits per heavy atom. The van der Waals surface area contributed by atoms with Gasteiger partial charge in [0.15, 0.2) is 0 Å². The smallest absolute Gasteiger partial charge is 0.140 e. The molecule has 2 heterocycles. The maximum Gasteiger partial charge on any atom is 0.140 e. The van der Waals surface area contributed by atoms with Gasteiger partial charge in [-0.2, -0.15) is 0 Å². The Balaban J connectivity index is 1.52. The maximum absolute atomic E-state index is 6.57. The zero-order valence-electron chi connectivity index (χ0n) is 14.7. The van der Waals surface area contributed by atoms with E-state index >= 15 is 0 Å². The van der Waals surface area contributed by atoms with Crippen molar-refractivity contribution in [1.82, 2.24) is 4.90 Å². The summed E-state index contributed by atoms with van der Waals surface area (Å²) in [6, 6.07) is 15.1. The minimum absolute atomic E-state index is 0.0112. The lowest BCUT2D eigenvalue weighted by Crippen LogP contribution is -2.54. The first-order chi connectivity index (χ1) is 12.7. The Hall–Kier alpha value is -1.22. The molecular formula is C22H23Cl2NO. The first kappa shape index (κ1) is 16.9. The highest BCUT2D eigenvalue weighted by Crippen LogP contribution is 2.46. The van der Waals surface area contributed by atoms with Gasteiger partial charge in [-0.05, 0) is 67.9 Å². The summed E-state index contributed by atoms with van der Waals surface area (Å²) in [5.41, 5.74) is 2.38. The highest BCUT2D eigenvalue weighted by atomic mass is 35.5. The van der Waals surface area contributed by atoms with Crippen molar-refractivity contribution in [2.24, 2.45) is 5.92 Å². The fourth-order valence-corrected chi connectivity index (χ4v) is 5.79. The second kappa shape index (κ2) is 6.74. The van der Waals surface area contributed by atoms with E-state index in [1.165, 1.54) is 37.8 Å². The van der Waals surface area contributed by atoms with Gasteiger partial charge in [0.1, 0.15) is 11.9 Å². The van der Waals surface area contributed by atoms with Crippen molar-refractivity contribution < 1.29 is 4.74 Å². The molecule has 0 radical (unpaired) electrons. The zero-order valence-corrected chi connectivity index (χ0v) is 16.2. The molecule has 4 aliphatic rings. The third-order valence-electron chi connectivity index (χ3n) is 6.45. The van der Waals surface area contributed by atoms with E-state index in [2.05, 4.69) is 11.0 Å². The van der Waals surface area contributed by atoms with Gasteiger partial charge in [-0.1, -0.05) is 41.4 Å². The summed E-state index contributed by atoms with van der Waals surface area (Å²) in [6.07, 6.45) is 6.36. The molecule has 2 atom stereocenters. The monoisotopic (exact) mass is 387 g/mol. The highest BCUT2D eigenvalue weighted by Gasteiger charge is 2.45. The van der Waals surface area contributed by atoms with Crippen LogP contribution in [0.25, 0.3) is 0 Å². The molecule has 26 heavy (non-hydrogen) atoms. The van der Waals surface area contributed by atoms with E-state index < -0.39 is 0 Å². The minimum atomic E-state index is -0.0112. The zero-order chi connectivity index (χ0) is 17.7. The molecule has 2 saturated heterocycles. The fourth-order valence-electron chi connectivity index (χ4n) is 5.21. The Labute approximate surface area is 165 Å². The number of ether oxygens (including phenoxy) is 1. The molecule has 4 heteroatoms. The van der Waals surface area contributed by atoms with Crippen LogP contribution in [0, 0.1) is 5.92 Å². The van der Waals surface area contributed by atoms with E-state index in [1.54, 1.807) is 0 Å². The molecule has 3 fully saturated rings. The average molecular weight is 388 g/mol. The molecule has 0 unspecified atom stereocenters. The molecule has 1 saturated carbocycles. The number of halogens is 2. The molecule has 2 bridgehead atoms. The first-order valence-electron chi connectivity index (χ1n) is 9.64. The third kappa shape index (κ3) is 2.93. The predicted octanol–water partition coefficient (Wildman–Crippen LogP) is 5.91. The fraction of sp³-hybridized carbons (Fsp3) is 0.455. The van der Waals surface area contributed by atoms with Crippen molar-refractivity contribution >= 4 is 23.2 Å². The molecular weight excluding hydrogens is 365 g/mol. The number of hydrogen-bond acceptors (Lipinski definition) is 2. The molecule has 6 rings (SSSR count). The number of para-hydroxylation sites is 1. The van der Waals surface area contributed by atoms with Crippen LogP contribution in [0.4, 0.5) is 0 Å². The normalized spacial score (nSPS) is 30.4. The van der Waals surface area contributed by atoms with Crippen LogP contribution in [0.2, 0.25) is 10.0 Å². The maximum atomic E-state index is 6.57. The number of fused-ring (bicyclic) bond motifs is 4. The summed E-state index contributed by atoms with van der Waals surface area (Å²) in [5.74, 6) is 1.76. The number of hydrogen-bond donors (Lipinski definition) is 0.